The molecule has 0 bridgehead atoms. The number of carboxylic acids is 1. The molecule has 2 aromatic rings. The van der Waals surface area contributed by atoms with E-state index in [1.54, 1.807) is 6.08 Å². The maximum Gasteiger partial charge on any atom is 0.335 e. The molecule has 26 heavy (non-hydrogen) atoms. The molecule has 1 aliphatic rings. The largest absolute Gasteiger partial charge is 0.489 e. The highest BCUT2D eigenvalue weighted by molar-refractivity contribution is 6.15. The Morgan fingerprint density at radius 2 is 1.88 bits per heavy atom. The molecule has 0 fully saturated rings. The normalized spacial score (nSPS) is 13.1. The highest BCUT2D eigenvalue weighted by Crippen LogP contribution is 2.31. The van der Waals surface area contributed by atoms with Crippen molar-refractivity contribution in [1.29, 1.82) is 0 Å². The van der Waals surface area contributed by atoms with Crippen molar-refractivity contribution in [3.8, 4) is 5.75 Å². The van der Waals surface area contributed by atoms with Crippen LogP contribution < -0.4 is 4.74 Å². The summed E-state index contributed by atoms with van der Waals surface area (Å²) in [6.45, 7) is 1.37. The number of fused-ring (bicyclic) bond motifs is 2. The van der Waals surface area contributed by atoms with Gasteiger partial charge in [-0.05, 0) is 54.9 Å². The van der Waals surface area contributed by atoms with Crippen molar-refractivity contribution in [3.63, 3.8) is 0 Å². The first kappa shape index (κ1) is 20.0. The van der Waals surface area contributed by atoms with E-state index in [9.17, 15) is 9.90 Å². The number of halogens is 1. The van der Waals surface area contributed by atoms with Gasteiger partial charge in [-0.3, -0.25) is 0 Å². The fourth-order valence-electron chi connectivity index (χ4n) is 3.05. The fourth-order valence-corrected chi connectivity index (χ4v) is 3.05. The van der Waals surface area contributed by atoms with E-state index < -0.39 is 5.97 Å². The van der Waals surface area contributed by atoms with E-state index in [1.807, 2.05) is 49.3 Å². The summed E-state index contributed by atoms with van der Waals surface area (Å²) in [5.41, 5.74) is 4.52. The maximum atomic E-state index is 11.7. The minimum absolute atomic E-state index is 0. The van der Waals surface area contributed by atoms with Gasteiger partial charge in [0, 0.05) is 13.0 Å². The highest BCUT2D eigenvalue weighted by atomic mass is 35.5. The van der Waals surface area contributed by atoms with Gasteiger partial charge in [0.15, 0.2) is 0 Å². The smallest absolute Gasteiger partial charge is 0.335 e. The Balaban J connectivity index is 0.00000243. The van der Waals surface area contributed by atoms with Gasteiger partial charge < -0.3 is 14.7 Å². The predicted octanol–water partition coefficient (Wildman–Crippen LogP) is 4.01. The minimum Gasteiger partial charge on any atom is -0.489 e. The first-order chi connectivity index (χ1) is 12.0. The van der Waals surface area contributed by atoms with Gasteiger partial charge in [0.05, 0.1) is 5.57 Å². The van der Waals surface area contributed by atoms with Crippen LogP contribution in [0.15, 0.2) is 48.5 Å². The third kappa shape index (κ3) is 4.65. The van der Waals surface area contributed by atoms with Crippen molar-refractivity contribution in [1.82, 2.24) is 4.90 Å². The van der Waals surface area contributed by atoms with Crippen molar-refractivity contribution >= 4 is 23.9 Å². The van der Waals surface area contributed by atoms with E-state index in [-0.39, 0.29) is 12.4 Å². The number of hydrogen-bond donors (Lipinski definition) is 1. The molecule has 2 aromatic carbocycles. The average Bonchev–Trinajstić information content (AvgIpc) is 2.76. The molecule has 0 saturated carbocycles. The Labute approximate surface area is 160 Å². The Kier molecular flexibility index (Phi) is 6.83. The van der Waals surface area contributed by atoms with Gasteiger partial charge in [0.25, 0.3) is 0 Å². The number of nitrogens with zero attached hydrogens (tertiary/aromatic N) is 1. The van der Waals surface area contributed by atoms with Crippen molar-refractivity contribution in [2.45, 2.75) is 19.4 Å². The summed E-state index contributed by atoms with van der Waals surface area (Å²) in [7, 11) is 3.96. The molecule has 0 saturated heterocycles. The molecular formula is C21H24ClNO3. The van der Waals surface area contributed by atoms with Crippen LogP contribution in [0.3, 0.4) is 0 Å². The highest BCUT2D eigenvalue weighted by Gasteiger charge is 2.17. The van der Waals surface area contributed by atoms with Gasteiger partial charge in [0.1, 0.15) is 12.4 Å². The van der Waals surface area contributed by atoms with Crippen molar-refractivity contribution in [2.24, 2.45) is 0 Å². The van der Waals surface area contributed by atoms with Crippen LogP contribution in [0.25, 0.3) is 5.57 Å². The molecule has 138 valence electrons. The lowest BCUT2D eigenvalue weighted by atomic mass is 9.96. The maximum absolute atomic E-state index is 11.7. The second-order valence-corrected chi connectivity index (χ2v) is 6.57. The molecule has 1 aliphatic heterocycles. The third-order valence-electron chi connectivity index (χ3n) is 4.41. The zero-order valence-corrected chi connectivity index (χ0v) is 15.9. The van der Waals surface area contributed by atoms with Crippen LogP contribution in [-0.2, 0) is 17.8 Å². The molecule has 4 nitrogen and oxygen atoms in total. The quantitative estimate of drug-likeness (QED) is 0.804. The van der Waals surface area contributed by atoms with Crippen LogP contribution in [0.2, 0.25) is 0 Å². The number of carbonyl (C=O) groups is 1. The SMILES string of the molecule is CN(C)CCC=C(C(=O)O)c1ccc2c(c1)Cc1ccccc1CO2.Cl. The first-order valence-electron chi connectivity index (χ1n) is 8.45. The summed E-state index contributed by atoms with van der Waals surface area (Å²) in [5.74, 6) is -0.0633. The summed E-state index contributed by atoms with van der Waals surface area (Å²) in [5, 5.41) is 9.60. The Hall–Kier alpha value is -2.30. The van der Waals surface area contributed by atoms with Crippen LogP contribution in [0, 0.1) is 0 Å². The van der Waals surface area contributed by atoms with Crippen LogP contribution in [0.1, 0.15) is 28.7 Å². The van der Waals surface area contributed by atoms with Gasteiger partial charge >= 0.3 is 5.97 Å². The van der Waals surface area contributed by atoms with Crippen LogP contribution in [0.5, 0.6) is 5.75 Å². The Bertz CT molecular complexity index is 815. The van der Waals surface area contributed by atoms with Crippen LogP contribution >= 0.6 is 12.4 Å². The molecule has 1 N–H and O–H groups in total. The summed E-state index contributed by atoms with van der Waals surface area (Å²) < 4.78 is 5.91. The molecule has 0 atom stereocenters. The lowest BCUT2D eigenvalue weighted by Crippen LogP contribution is -2.12. The predicted molar refractivity (Wildman–Crippen MR) is 106 cm³/mol. The van der Waals surface area contributed by atoms with Crippen LogP contribution in [0.4, 0.5) is 0 Å². The van der Waals surface area contributed by atoms with E-state index in [4.69, 9.17) is 4.74 Å². The third-order valence-corrected chi connectivity index (χ3v) is 4.41. The minimum atomic E-state index is -0.895. The Morgan fingerprint density at radius 1 is 1.15 bits per heavy atom. The summed E-state index contributed by atoms with van der Waals surface area (Å²) >= 11 is 0. The van der Waals surface area contributed by atoms with Gasteiger partial charge in [-0.1, -0.05) is 36.4 Å². The second kappa shape index (κ2) is 8.88. The topological polar surface area (TPSA) is 49.8 Å². The standard InChI is InChI=1S/C21H23NO3.ClH/c1-22(2)11-5-8-19(21(23)24)16-9-10-20-18(13-16)12-15-6-3-4-7-17(15)14-25-20;/h3-4,6-10,13H,5,11-12,14H2,1-2H3,(H,23,24);1H. The van der Waals surface area contributed by atoms with Crippen molar-refractivity contribution < 1.29 is 14.6 Å². The zero-order valence-electron chi connectivity index (χ0n) is 15.1. The molecule has 0 amide bonds. The van der Waals surface area contributed by atoms with E-state index in [0.717, 1.165) is 29.8 Å². The van der Waals surface area contributed by atoms with Crippen LogP contribution in [-0.4, -0.2) is 36.6 Å². The van der Waals surface area contributed by atoms with Gasteiger partial charge in [-0.15, -0.1) is 12.4 Å². The average molecular weight is 374 g/mol. The van der Waals surface area contributed by atoms with Gasteiger partial charge in [-0.2, -0.15) is 0 Å². The molecule has 0 radical (unpaired) electrons. The van der Waals surface area contributed by atoms with Gasteiger partial charge in [-0.25, -0.2) is 4.79 Å². The molecule has 0 aromatic heterocycles. The molecule has 0 spiro atoms. The zero-order chi connectivity index (χ0) is 17.8. The van der Waals surface area contributed by atoms with E-state index >= 15 is 0 Å². The number of ether oxygens (including phenoxy) is 1. The summed E-state index contributed by atoms with van der Waals surface area (Å²) in [6, 6.07) is 13.9. The lowest BCUT2D eigenvalue weighted by Gasteiger charge is -2.11. The number of rotatable bonds is 5. The van der Waals surface area contributed by atoms with Gasteiger partial charge in [0.2, 0.25) is 0 Å². The van der Waals surface area contributed by atoms with E-state index in [1.165, 1.54) is 11.1 Å². The van der Waals surface area contributed by atoms with E-state index in [2.05, 4.69) is 12.1 Å². The fraction of sp³-hybridized carbons (Fsp3) is 0.286. The second-order valence-electron chi connectivity index (χ2n) is 6.57. The molecule has 1 heterocycles. The number of carboxylic acid groups (broad SMARTS) is 1. The first-order valence-corrected chi connectivity index (χ1v) is 8.45. The molecular weight excluding hydrogens is 350 g/mol. The number of hydrogen-bond acceptors (Lipinski definition) is 3. The van der Waals surface area contributed by atoms with Crippen molar-refractivity contribution in [3.05, 3.63) is 70.8 Å². The molecule has 5 heteroatoms. The molecule has 0 aliphatic carbocycles. The number of benzene rings is 2. The summed E-state index contributed by atoms with van der Waals surface area (Å²) in [6.07, 6.45) is 3.25. The monoisotopic (exact) mass is 373 g/mol. The molecule has 0 unspecified atom stereocenters. The Morgan fingerprint density at radius 3 is 2.58 bits per heavy atom. The summed E-state index contributed by atoms with van der Waals surface area (Å²) in [4.78, 5) is 13.7. The lowest BCUT2D eigenvalue weighted by molar-refractivity contribution is -0.130. The number of aliphatic carboxylic acids is 1. The van der Waals surface area contributed by atoms with Crippen molar-refractivity contribution in [2.75, 3.05) is 20.6 Å². The van der Waals surface area contributed by atoms with E-state index in [0.29, 0.717) is 18.6 Å². The molecule has 3 rings (SSSR count).